The normalized spacial score (nSPS) is 11.2. The van der Waals surface area contributed by atoms with Crippen LogP contribution in [-0.2, 0) is 4.74 Å². The van der Waals surface area contributed by atoms with E-state index < -0.39 is 11.7 Å². The summed E-state index contributed by atoms with van der Waals surface area (Å²) in [6.45, 7) is 5.45. The zero-order chi connectivity index (χ0) is 14.8. The second-order valence-corrected chi connectivity index (χ2v) is 7.79. The van der Waals surface area contributed by atoms with Crippen LogP contribution < -0.4 is 5.32 Å². The Hall–Kier alpha value is -1.22. The smallest absolute Gasteiger partial charge is 0.413 e. The van der Waals surface area contributed by atoms with Gasteiger partial charge < -0.3 is 4.74 Å². The second kappa shape index (κ2) is 6.04. The van der Waals surface area contributed by atoms with Gasteiger partial charge in [0.25, 0.3) is 0 Å². The maximum absolute atomic E-state index is 11.7. The molecule has 1 amide bonds. The van der Waals surface area contributed by atoms with Crippen LogP contribution in [0.4, 0.5) is 10.6 Å². The lowest BCUT2D eigenvalue weighted by atomic mass is 10.2. The molecule has 0 saturated carbocycles. The molecule has 0 aliphatic heterocycles. The summed E-state index contributed by atoms with van der Waals surface area (Å²) in [5.74, 6) is 0.505. The van der Waals surface area contributed by atoms with Crippen molar-refractivity contribution in [2.24, 2.45) is 0 Å². The van der Waals surface area contributed by atoms with Gasteiger partial charge in [-0.15, -0.1) is 11.3 Å². The molecule has 0 aliphatic rings. The topological polar surface area (TPSA) is 64.1 Å². The number of hydrogen-bond acceptors (Lipinski definition) is 5. The summed E-state index contributed by atoms with van der Waals surface area (Å²) < 4.78 is 6.09. The van der Waals surface area contributed by atoms with E-state index in [-0.39, 0.29) is 0 Å². The molecule has 0 spiro atoms. The van der Waals surface area contributed by atoms with Gasteiger partial charge >= 0.3 is 6.09 Å². The molecule has 2 heterocycles. The fourth-order valence-electron chi connectivity index (χ4n) is 1.38. The Morgan fingerprint density at radius 2 is 2.15 bits per heavy atom. The minimum atomic E-state index is -0.532. The molecule has 2 rings (SSSR count). The molecule has 0 radical (unpaired) electrons. The van der Waals surface area contributed by atoms with Crippen LogP contribution in [0.15, 0.2) is 24.4 Å². The molecule has 5 nitrogen and oxygen atoms in total. The van der Waals surface area contributed by atoms with Gasteiger partial charge in [0, 0.05) is 6.20 Å². The highest BCUT2D eigenvalue weighted by molar-refractivity contribution is 14.1. The molecular weight excluding hydrogens is 389 g/mol. The summed E-state index contributed by atoms with van der Waals surface area (Å²) in [6.07, 6.45) is 1.21. The van der Waals surface area contributed by atoms with Crippen molar-refractivity contribution in [3.05, 3.63) is 27.3 Å². The van der Waals surface area contributed by atoms with Crippen molar-refractivity contribution in [1.82, 2.24) is 9.97 Å². The molecule has 20 heavy (non-hydrogen) atoms. The van der Waals surface area contributed by atoms with Crippen LogP contribution in [0.3, 0.4) is 0 Å². The van der Waals surface area contributed by atoms with Gasteiger partial charge in [0.1, 0.15) is 13.5 Å². The third-order valence-corrected chi connectivity index (χ3v) is 4.13. The summed E-state index contributed by atoms with van der Waals surface area (Å²) in [7, 11) is 0. The van der Waals surface area contributed by atoms with Crippen LogP contribution in [0.5, 0.6) is 0 Å². The molecule has 0 atom stereocenters. The van der Waals surface area contributed by atoms with Gasteiger partial charge in [-0.25, -0.2) is 9.78 Å². The molecule has 2 aromatic rings. The van der Waals surface area contributed by atoms with E-state index in [1.807, 2.05) is 39.0 Å². The predicted octanol–water partition coefficient (Wildman–Crippen LogP) is 4.16. The molecule has 0 saturated heterocycles. The number of pyridine rings is 1. The minimum Gasteiger partial charge on any atom is -0.444 e. The number of rotatable bonds is 2. The van der Waals surface area contributed by atoms with Gasteiger partial charge in [-0.2, -0.15) is 0 Å². The number of aromatic nitrogens is 2. The average Bonchev–Trinajstić information content (AvgIpc) is 2.70. The number of nitrogens with one attached hydrogen (secondary N) is 1. The highest BCUT2D eigenvalue weighted by Gasteiger charge is 2.19. The van der Waals surface area contributed by atoms with Crippen LogP contribution in [0.1, 0.15) is 20.8 Å². The number of carbonyl (C=O) groups excluding carboxylic acids is 1. The predicted molar refractivity (Wildman–Crippen MR) is 87.9 cm³/mol. The fraction of sp³-hybridized carbons (Fsp3) is 0.308. The van der Waals surface area contributed by atoms with E-state index in [0.29, 0.717) is 5.82 Å². The number of thiazole rings is 1. The van der Waals surface area contributed by atoms with Crippen molar-refractivity contribution in [3.8, 4) is 10.7 Å². The van der Waals surface area contributed by atoms with Gasteiger partial charge in [0.05, 0.1) is 5.69 Å². The van der Waals surface area contributed by atoms with Gasteiger partial charge in [0.15, 0.2) is 5.82 Å². The Kier molecular flexibility index (Phi) is 4.59. The molecular formula is C13H14IN3O2S. The van der Waals surface area contributed by atoms with E-state index in [1.54, 1.807) is 6.20 Å². The lowest BCUT2D eigenvalue weighted by Gasteiger charge is -2.19. The quantitative estimate of drug-likeness (QED) is 0.766. The average molecular weight is 403 g/mol. The van der Waals surface area contributed by atoms with Crippen molar-refractivity contribution < 1.29 is 9.53 Å². The van der Waals surface area contributed by atoms with E-state index >= 15 is 0 Å². The third-order valence-electron chi connectivity index (χ3n) is 2.09. The maximum atomic E-state index is 11.7. The first-order valence-corrected chi connectivity index (χ1v) is 7.82. The molecule has 1 N–H and O–H groups in total. The highest BCUT2D eigenvalue weighted by atomic mass is 127. The van der Waals surface area contributed by atoms with Crippen LogP contribution in [0, 0.1) is 2.88 Å². The number of anilines is 1. The van der Waals surface area contributed by atoms with Gasteiger partial charge in [-0.3, -0.25) is 10.3 Å². The number of amides is 1. The van der Waals surface area contributed by atoms with Crippen LogP contribution in [-0.4, -0.2) is 21.7 Å². The Morgan fingerprint density at radius 1 is 1.40 bits per heavy atom. The van der Waals surface area contributed by atoms with Crippen LogP contribution in [0.25, 0.3) is 10.7 Å². The second-order valence-electron chi connectivity index (χ2n) is 4.98. The van der Waals surface area contributed by atoms with Gasteiger partial charge in [-0.05, 0) is 55.5 Å². The van der Waals surface area contributed by atoms with E-state index in [4.69, 9.17) is 4.74 Å². The number of carbonyl (C=O) groups is 1. The molecule has 0 aromatic carbocycles. The zero-order valence-corrected chi connectivity index (χ0v) is 14.3. The number of nitrogens with zero attached hydrogens (tertiary/aromatic N) is 2. The first-order chi connectivity index (χ1) is 9.35. The summed E-state index contributed by atoms with van der Waals surface area (Å²) in [5.41, 5.74) is 0.252. The molecule has 7 heteroatoms. The maximum Gasteiger partial charge on any atom is 0.413 e. The summed E-state index contributed by atoms with van der Waals surface area (Å²) in [6, 6.07) is 5.63. The van der Waals surface area contributed by atoms with Crippen LogP contribution >= 0.6 is 33.9 Å². The number of hydrogen-bond donors (Lipinski definition) is 1. The molecule has 106 valence electrons. The summed E-state index contributed by atoms with van der Waals surface area (Å²) >= 11 is 3.61. The van der Waals surface area contributed by atoms with Crippen molar-refractivity contribution in [3.63, 3.8) is 0 Å². The Labute approximate surface area is 134 Å². The fourth-order valence-corrected chi connectivity index (χ4v) is 2.98. The molecule has 2 aromatic heterocycles. The van der Waals surface area contributed by atoms with E-state index in [1.165, 1.54) is 11.3 Å². The van der Waals surface area contributed by atoms with Crippen molar-refractivity contribution in [1.29, 1.82) is 0 Å². The first kappa shape index (κ1) is 15.2. The zero-order valence-electron chi connectivity index (χ0n) is 11.3. The van der Waals surface area contributed by atoms with E-state index in [0.717, 1.165) is 13.6 Å². The molecule has 0 unspecified atom stereocenters. The lowest BCUT2D eigenvalue weighted by molar-refractivity contribution is 0.0635. The van der Waals surface area contributed by atoms with Crippen molar-refractivity contribution in [2.45, 2.75) is 26.4 Å². The van der Waals surface area contributed by atoms with Crippen molar-refractivity contribution in [2.75, 3.05) is 5.32 Å². The molecule has 0 aliphatic carbocycles. The number of ether oxygens (including phenoxy) is 1. The molecule has 0 fully saturated rings. The Bertz CT molecular complexity index is 608. The largest absolute Gasteiger partial charge is 0.444 e. The van der Waals surface area contributed by atoms with Gasteiger partial charge in [0.2, 0.25) is 0 Å². The summed E-state index contributed by atoms with van der Waals surface area (Å²) in [5, 5.41) is 3.42. The summed E-state index contributed by atoms with van der Waals surface area (Å²) in [4.78, 5) is 20.4. The Morgan fingerprint density at radius 3 is 2.75 bits per heavy atom. The van der Waals surface area contributed by atoms with Gasteiger partial charge in [-0.1, -0.05) is 6.07 Å². The first-order valence-electron chi connectivity index (χ1n) is 5.93. The minimum absolute atomic E-state index is 0.505. The van der Waals surface area contributed by atoms with E-state index in [9.17, 15) is 4.79 Å². The SMILES string of the molecule is CC(C)(C)OC(=O)Nc1nc(-c2ccccn2)sc1I. The molecule has 0 bridgehead atoms. The third kappa shape index (κ3) is 4.14. The van der Waals surface area contributed by atoms with Crippen LogP contribution in [0.2, 0.25) is 0 Å². The lowest BCUT2D eigenvalue weighted by Crippen LogP contribution is -2.27. The van der Waals surface area contributed by atoms with E-state index in [2.05, 4.69) is 37.9 Å². The standard InChI is InChI=1S/C13H14IN3O2S/c1-13(2,3)19-12(18)17-10-9(14)20-11(16-10)8-6-4-5-7-15-8/h4-7H,1-3H3,(H,17,18). The number of halogens is 1. The monoisotopic (exact) mass is 403 g/mol. The highest BCUT2D eigenvalue weighted by Crippen LogP contribution is 2.31. The Balaban J connectivity index is 2.15. The van der Waals surface area contributed by atoms with Crippen molar-refractivity contribution >= 4 is 45.8 Å².